The van der Waals surface area contributed by atoms with Crippen molar-refractivity contribution < 1.29 is 8.96 Å². The molecule has 4 rings (SSSR count). The van der Waals surface area contributed by atoms with E-state index in [1.54, 1.807) is 31.8 Å². The maximum atomic E-state index is 14.6. The largest absolute Gasteiger partial charge is 0.378 e. The molecule has 0 radical (unpaired) electrons. The predicted molar refractivity (Wildman–Crippen MR) is 134 cm³/mol. The van der Waals surface area contributed by atoms with Gasteiger partial charge in [-0.2, -0.15) is 5.26 Å². The molecular formula is C26H25FN5OP. The molecule has 6 nitrogen and oxygen atoms in total. The van der Waals surface area contributed by atoms with Gasteiger partial charge < -0.3 is 9.88 Å². The maximum absolute atomic E-state index is 14.6. The van der Waals surface area contributed by atoms with E-state index in [9.17, 15) is 14.2 Å². The molecule has 0 fully saturated rings. The molecule has 0 amide bonds. The number of pyridine rings is 1. The number of aromatic nitrogens is 3. The average molecular weight is 473 g/mol. The van der Waals surface area contributed by atoms with Crippen LogP contribution in [0.4, 0.5) is 10.1 Å². The van der Waals surface area contributed by atoms with Crippen LogP contribution in [0.25, 0.3) is 22.0 Å². The minimum absolute atomic E-state index is 0.350. The number of nitriles is 1. The van der Waals surface area contributed by atoms with Crippen LogP contribution in [0.5, 0.6) is 0 Å². The van der Waals surface area contributed by atoms with Gasteiger partial charge in [-0.15, -0.1) is 0 Å². The lowest BCUT2D eigenvalue weighted by Gasteiger charge is -2.21. The minimum Gasteiger partial charge on any atom is -0.378 e. The van der Waals surface area contributed by atoms with Crippen LogP contribution in [0.3, 0.4) is 0 Å². The second-order valence-electron chi connectivity index (χ2n) is 8.77. The molecule has 0 aliphatic carbocycles. The van der Waals surface area contributed by atoms with Crippen molar-refractivity contribution in [3.8, 4) is 17.2 Å². The molecule has 34 heavy (non-hydrogen) atoms. The molecule has 0 spiro atoms. The molecule has 0 saturated heterocycles. The molecule has 0 aliphatic rings. The zero-order valence-electron chi connectivity index (χ0n) is 19.7. The van der Waals surface area contributed by atoms with Crippen molar-refractivity contribution in [1.82, 2.24) is 15.0 Å². The third-order valence-electron chi connectivity index (χ3n) is 5.88. The third kappa shape index (κ3) is 4.55. The van der Waals surface area contributed by atoms with Crippen LogP contribution >= 0.6 is 7.14 Å². The molecule has 172 valence electrons. The predicted octanol–water partition coefficient (Wildman–Crippen LogP) is 5.74. The number of fused-ring (bicyclic) bond motifs is 1. The highest BCUT2D eigenvalue weighted by Gasteiger charge is 2.18. The van der Waals surface area contributed by atoms with Gasteiger partial charge >= 0.3 is 0 Å². The average Bonchev–Trinajstić information content (AvgIpc) is 2.81. The number of halogens is 1. The zero-order chi connectivity index (χ0) is 24.6. The Hall–Kier alpha value is -3.62. The number of rotatable bonds is 5. The summed E-state index contributed by atoms with van der Waals surface area (Å²) in [5, 5.41) is 13.6. The minimum atomic E-state index is -2.54. The van der Waals surface area contributed by atoms with Gasteiger partial charge in [-0.3, -0.25) is 4.98 Å². The molecule has 0 bridgehead atoms. The third-order valence-corrected chi connectivity index (χ3v) is 7.07. The summed E-state index contributed by atoms with van der Waals surface area (Å²) >= 11 is 0. The van der Waals surface area contributed by atoms with E-state index in [2.05, 4.69) is 21.4 Å². The summed E-state index contributed by atoms with van der Waals surface area (Å²) in [4.78, 5) is 13.3. The number of aryl methyl sites for hydroxylation is 1. The number of hydrogen-bond donors (Lipinski definition) is 1. The summed E-state index contributed by atoms with van der Waals surface area (Å²) in [5.41, 5.74) is 6.34. The van der Waals surface area contributed by atoms with Crippen LogP contribution in [0, 0.1) is 31.0 Å². The Morgan fingerprint density at radius 2 is 1.76 bits per heavy atom. The molecule has 0 saturated carbocycles. The molecule has 2 aromatic carbocycles. The number of anilines is 1. The van der Waals surface area contributed by atoms with Crippen LogP contribution in [0.1, 0.15) is 35.3 Å². The van der Waals surface area contributed by atoms with Crippen molar-refractivity contribution in [2.24, 2.45) is 0 Å². The smallest absolute Gasteiger partial charge is 0.188 e. The van der Waals surface area contributed by atoms with Gasteiger partial charge in [0.05, 0.1) is 23.2 Å². The van der Waals surface area contributed by atoms with E-state index in [0.29, 0.717) is 16.7 Å². The van der Waals surface area contributed by atoms with Crippen molar-refractivity contribution in [3.63, 3.8) is 0 Å². The monoisotopic (exact) mass is 473 g/mol. The summed E-state index contributed by atoms with van der Waals surface area (Å²) in [6, 6.07) is 11.9. The van der Waals surface area contributed by atoms with Crippen LogP contribution in [0.15, 0.2) is 48.8 Å². The fourth-order valence-electron chi connectivity index (χ4n) is 3.83. The molecule has 1 atom stereocenters. The van der Waals surface area contributed by atoms with Gasteiger partial charge in [0.15, 0.2) is 5.57 Å². The van der Waals surface area contributed by atoms with Gasteiger partial charge in [0.25, 0.3) is 0 Å². The summed E-state index contributed by atoms with van der Waals surface area (Å²) < 4.78 is 26.8. The highest BCUT2D eigenvalue weighted by molar-refractivity contribution is 7.69. The fourth-order valence-corrected chi connectivity index (χ4v) is 4.51. The van der Waals surface area contributed by atoms with Gasteiger partial charge in [0.1, 0.15) is 13.0 Å². The second kappa shape index (κ2) is 8.96. The first-order valence-electron chi connectivity index (χ1n) is 10.8. The lowest BCUT2D eigenvalue weighted by atomic mass is 10.00. The molecule has 0 aliphatic heterocycles. The van der Waals surface area contributed by atoms with E-state index in [0.717, 1.165) is 39.0 Å². The first-order valence-corrected chi connectivity index (χ1v) is 13.4. The van der Waals surface area contributed by atoms with Crippen molar-refractivity contribution in [3.05, 3.63) is 77.0 Å². The number of nitrogens with zero attached hydrogens (tertiary/aromatic N) is 4. The quantitative estimate of drug-likeness (QED) is 0.372. The van der Waals surface area contributed by atoms with E-state index in [4.69, 9.17) is 4.98 Å². The summed E-state index contributed by atoms with van der Waals surface area (Å²) in [7, 11) is -2.54. The zero-order valence-corrected chi connectivity index (χ0v) is 20.6. The van der Waals surface area contributed by atoms with Crippen LogP contribution in [0.2, 0.25) is 0 Å². The van der Waals surface area contributed by atoms with E-state index in [1.807, 2.05) is 39.0 Å². The Balaban J connectivity index is 1.79. The Labute approximate surface area is 198 Å². The van der Waals surface area contributed by atoms with Gasteiger partial charge in [-0.05, 0) is 75.6 Å². The van der Waals surface area contributed by atoms with E-state index in [-0.39, 0.29) is 11.9 Å². The SMILES string of the molecule is Cc1nc2ccc(-c3cnc(P(C)(C)=O)nc3)cc2c(N[C@H](C)c2cc(C#N)ccc2F)c1C. The van der Waals surface area contributed by atoms with E-state index in [1.165, 1.54) is 12.1 Å². The Morgan fingerprint density at radius 1 is 1.06 bits per heavy atom. The lowest BCUT2D eigenvalue weighted by molar-refractivity contribution is 0.587. The fraction of sp³-hybridized carbons (Fsp3) is 0.231. The summed E-state index contributed by atoms with van der Waals surface area (Å²) in [5.74, 6) is -0.367. The van der Waals surface area contributed by atoms with Gasteiger partial charge in [0, 0.05) is 40.3 Å². The van der Waals surface area contributed by atoms with Crippen LogP contribution < -0.4 is 10.9 Å². The van der Waals surface area contributed by atoms with Gasteiger partial charge in [-0.1, -0.05) is 6.07 Å². The van der Waals surface area contributed by atoms with Crippen molar-refractivity contribution in [2.45, 2.75) is 26.8 Å². The normalized spacial score (nSPS) is 12.4. The first-order chi connectivity index (χ1) is 16.1. The standard InChI is InChI=1S/C26H25FN5OP/c1-15-16(2)31-24-9-7-19(20-13-29-26(30-14-20)34(4,5)33)11-22(24)25(15)32-17(3)21-10-18(12-28)6-8-23(21)27/h6-11,13-14,17H,1-5H3,(H,31,32)/t17-/m1/s1. The van der Waals surface area contributed by atoms with Gasteiger partial charge in [0.2, 0.25) is 0 Å². The first kappa shape index (κ1) is 23.5. The lowest BCUT2D eigenvalue weighted by Crippen LogP contribution is -2.12. The van der Waals surface area contributed by atoms with Crippen molar-refractivity contribution >= 4 is 29.3 Å². The number of benzene rings is 2. The van der Waals surface area contributed by atoms with Gasteiger partial charge in [-0.25, -0.2) is 14.4 Å². The summed E-state index contributed by atoms with van der Waals surface area (Å²) in [6.07, 6.45) is 3.35. The molecule has 2 aromatic heterocycles. The molecule has 0 unspecified atom stereocenters. The highest BCUT2D eigenvalue weighted by atomic mass is 31.2. The van der Waals surface area contributed by atoms with Crippen LogP contribution in [-0.2, 0) is 4.57 Å². The van der Waals surface area contributed by atoms with E-state index < -0.39 is 7.14 Å². The maximum Gasteiger partial charge on any atom is 0.188 e. The number of hydrogen-bond acceptors (Lipinski definition) is 6. The highest BCUT2D eigenvalue weighted by Crippen LogP contribution is 2.35. The van der Waals surface area contributed by atoms with E-state index >= 15 is 0 Å². The topological polar surface area (TPSA) is 91.6 Å². The Bertz CT molecular complexity index is 1490. The Morgan fingerprint density at radius 3 is 2.41 bits per heavy atom. The number of nitrogens with one attached hydrogen (secondary N) is 1. The van der Waals surface area contributed by atoms with Crippen LogP contribution in [-0.4, -0.2) is 28.3 Å². The molecular weight excluding hydrogens is 448 g/mol. The molecule has 2 heterocycles. The molecule has 4 aromatic rings. The second-order valence-corrected chi connectivity index (χ2v) is 11.9. The molecule has 8 heteroatoms. The van der Waals surface area contributed by atoms with Crippen molar-refractivity contribution in [2.75, 3.05) is 18.6 Å². The Kier molecular flexibility index (Phi) is 6.20. The molecule has 1 N–H and O–H groups in total. The summed E-state index contributed by atoms with van der Waals surface area (Å²) in [6.45, 7) is 9.07. The van der Waals surface area contributed by atoms with Crippen molar-refractivity contribution in [1.29, 1.82) is 5.26 Å².